The third-order valence-corrected chi connectivity index (χ3v) is 4.02. The molecule has 25 heavy (non-hydrogen) atoms. The van der Waals surface area contributed by atoms with Gasteiger partial charge in [-0.05, 0) is 24.2 Å². The van der Waals surface area contributed by atoms with Crippen molar-refractivity contribution in [3.63, 3.8) is 0 Å². The Kier molecular flexibility index (Phi) is 6.71. The standard InChI is InChI=1S/C18H24N4O3/c1-3-21(4-2)12-15-7-5-14(6-8-15)11-19-17(24)13-22-10-9-16(23)20-18(22)25/h5-10H,3-4,11-13H2,1-2H3,(H,19,24)(H,20,23,25). The van der Waals surface area contributed by atoms with E-state index in [9.17, 15) is 14.4 Å². The number of hydrogen-bond donors (Lipinski definition) is 2. The van der Waals surface area contributed by atoms with Crippen LogP contribution in [0.1, 0.15) is 25.0 Å². The second-order valence-electron chi connectivity index (χ2n) is 5.79. The minimum atomic E-state index is -0.594. The second-order valence-corrected chi connectivity index (χ2v) is 5.79. The van der Waals surface area contributed by atoms with Crippen LogP contribution < -0.4 is 16.6 Å². The van der Waals surface area contributed by atoms with E-state index in [1.54, 1.807) is 0 Å². The summed E-state index contributed by atoms with van der Waals surface area (Å²) in [4.78, 5) is 38.9. The van der Waals surface area contributed by atoms with Crippen molar-refractivity contribution < 1.29 is 4.79 Å². The third-order valence-electron chi connectivity index (χ3n) is 4.02. The minimum absolute atomic E-state index is 0.129. The van der Waals surface area contributed by atoms with Gasteiger partial charge in [0.05, 0.1) is 0 Å². The first kappa shape index (κ1) is 18.7. The van der Waals surface area contributed by atoms with Gasteiger partial charge in [-0.25, -0.2) is 4.79 Å². The van der Waals surface area contributed by atoms with Gasteiger partial charge in [-0.3, -0.25) is 24.0 Å². The summed E-state index contributed by atoms with van der Waals surface area (Å²) in [5.41, 5.74) is 1.15. The van der Waals surface area contributed by atoms with Gasteiger partial charge in [0.1, 0.15) is 6.54 Å². The molecule has 0 spiro atoms. The summed E-state index contributed by atoms with van der Waals surface area (Å²) in [6, 6.07) is 9.32. The molecule has 2 rings (SSSR count). The largest absolute Gasteiger partial charge is 0.350 e. The van der Waals surface area contributed by atoms with Crippen molar-refractivity contribution in [2.75, 3.05) is 13.1 Å². The molecule has 1 heterocycles. The van der Waals surface area contributed by atoms with E-state index in [0.29, 0.717) is 6.54 Å². The van der Waals surface area contributed by atoms with Gasteiger partial charge in [0, 0.05) is 25.4 Å². The zero-order chi connectivity index (χ0) is 18.2. The molecule has 0 radical (unpaired) electrons. The van der Waals surface area contributed by atoms with Crippen LogP contribution in [0.15, 0.2) is 46.1 Å². The molecule has 0 aliphatic carbocycles. The normalized spacial score (nSPS) is 10.8. The number of carbonyl (C=O) groups is 1. The fraction of sp³-hybridized carbons (Fsp3) is 0.389. The van der Waals surface area contributed by atoms with Crippen LogP contribution >= 0.6 is 0 Å². The first-order valence-corrected chi connectivity index (χ1v) is 8.38. The van der Waals surface area contributed by atoms with E-state index in [0.717, 1.165) is 29.8 Å². The van der Waals surface area contributed by atoms with Gasteiger partial charge in [0.2, 0.25) is 5.91 Å². The molecule has 0 fully saturated rings. The molecule has 0 saturated heterocycles. The van der Waals surface area contributed by atoms with E-state index in [1.165, 1.54) is 17.8 Å². The Morgan fingerprint density at radius 1 is 1.08 bits per heavy atom. The molecular formula is C18H24N4O3. The lowest BCUT2D eigenvalue weighted by Crippen LogP contribution is -2.35. The number of nitrogens with zero attached hydrogens (tertiary/aromatic N) is 2. The number of carbonyl (C=O) groups excluding carboxylic acids is 1. The summed E-state index contributed by atoms with van der Waals surface area (Å²) >= 11 is 0. The Morgan fingerprint density at radius 3 is 2.32 bits per heavy atom. The SMILES string of the molecule is CCN(CC)Cc1ccc(CNC(=O)Cn2ccc(=O)[nH]c2=O)cc1. The van der Waals surface area contributed by atoms with E-state index >= 15 is 0 Å². The van der Waals surface area contributed by atoms with E-state index in [4.69, 9.17) is 0 Å². The van der Waals surface area contributed by atoms with Crippen LogP contribution in [0.5, 0.6) is 0 Å². The summed E-state index contributed by atoms with van der Waals surface area (Å²) < 4.78 is 1.16. The Morgan fingerprint density at radius 2 is 1.72 bits per heavy atom. The summed E-state index contributed by atoms with van der Waals surface area (Å²) in [7, 11) is 0. The van der Waals surface area contributed by atoms with E-state index in [-0.39, 0.29) is 12.5 Å². The fourth-order valence-electron chi connectivity index (χ4n) is 2.45. The molecule has 7 nitrogen and oxygen atoms in total. The van der Waals surface area contributed by atoms with Gasteiger partial charge in [-0.2, -0.15) is 0 Å². The molecule has 0 aliphatic rings. The van der Waals surface area contributed by atoms with Crippen LogP contribution in [0.3, 0.4) is 0 Å². The zero-order valence-electron chi connectivity index (χ0n) is 14.6. The quantitative estimate of drug-likeness (QED) is 0.738. The highest BCUT2D eigenvalue weighted by Crippen LogP contribution is 2.07. The number of rotatable bonds is 8. The number of H-pyrrole nitrogens is 1. The fourth-order valence-corrected chi connectivity index (χ4v) is 2.45. The molecule has 2 N–H and O–H groups in total. The van der Waals surface area contributed by atoms with E-state index in [1.807, 2.05) is 12.1 Å². The first-order valence-electron chi connectivity index (χ1n) is 8.38. The number of nitrogens with one attached hydrogen (secondary N) is 2. The molecule has 0 bridgehead atoms. The molecule has 2 aromatic rings. The molecule has 0 aliphatic heterocycles. The van der Waals surface area contributed by atoms with Gasteiger partial charge in [0.15, 0.2) is 0 Å². The van der Waals surface area contributed by atoms with Crippen LogP contribution in [-0.4, -0.2) is 33.4 Å². The van der Waals surface area contributed by atoms with Crippen LogP contribution in [0, 0.1) is 0 Å². The van der Waals surface area contributed by atoms with Crippen molar-refractivity contribution in [1.29, 1.82) is 0 Å². The lowest BCUT2D eigenvalue weighted by atomic mass is 10.1. The first-order chi connectivity index (χ1) is 12.0. The molecular weight excluding hydrogens is 320 g/mol. The predicted molar refractivity (Wildman–Crippen MR) is 96.2 cm³/mol. The Labute approximate surface area is 146 Å². The lowest BCUT2D eigenvalue weighted by molar-refractivity contribution is -0.121. The summed E-state index contributed by atoms with van der Waals surface area (Å²) in [5, 5.41) is 2.77. The number of benzene rings is 1. The molecule has 1 aromatic heterocycles. The maximum Gasteiger partial charge on any atom is 0.328 e. The molecule has 1 aromatic carbocycles. The number of aromatic nitrogens is 2. The highest BCUT2D eigenvalue weighted by molar-refractivity contribution is 5.75. The second kappa shape index (κ2) is 8.98. The predicted octanol–water partition coefficient (Wildman–Crippen LogP) is 0.695. The number of amides is 1. The van der Waals surface area contributed by atoms with E-state index < -0.39 is 11.2 Å². The molecule has 7 heteroatoms. The van der Waals surface area contributed by atoms with Crippen molar-refractivity contribution >= 4 is 5.91 Å². The van der Waals surface area contributed by atoms with Crippen molar-refractivity contribution in [2.24, 2.45) is 0 Å². The molecule has 0 saturated carbocycles. The maximum atomic E-state index is 11.9. The highest BCUT2D eigenvalue weighted by atomic mass is 16.2. The van der Waals surface area contributed by atoms with Gasteiger partial charge in [0.25, 0.3) is 5.56 Å². The van der Waals surface area contributed by atoms with Crippen molar-refractivity contribution in [3.8, 4) is 0 Å². The maximum absolute atomic E-state index is 11.9. The van der Waals surface area contributed by atoms with Gasteiger partial charge < -0.3 is 5.32 Å². The van der Waals surface area contributed by atoms with Crippen LogP contribution in [-0.2, 0) is 24.4 Å². The molecule has 0 atom stereocenters. The monoisotopic (exact) mass is 344 g/mol. The van der Waals surface area contributed by atoms with Gasteiger partial charge >= 0.3 is 5.69 Å². The van der Waals surface area contributed by atoms with Crippen LogP contribution in [0.4, 0.5) is 0 Å². The summed E-state index contributed by atoms with van der Waals surface area (Å²) in [6.45, 7) is 7.48. The summed E-state index contributed by atoms with van der Waals surface area (Å²) in [5.74, 6) is -0.290. The third kappa shape index (κ3) is 5.72. The topological polar surface area (TPSA) is 87.2 Å². The molecule has 1 amide bonds. The Bertz CT molecular complexity index is 804. The average molecular weight is 344 g/mol. The smallest absolute Gasteiger partial charge is 0.328 e. The number of hydrogen-bond acceptors (Lipinski definition) is 4. The molecule has 134 valence electrons. The Balaban J connectivity index is 1.87. The van der Waals surface area contributed by atoms with Crippen LogP contribution in [0.25, 0.3) is 0 Å². The lowest BCUT2D eigenvalue weighted by Gasteiger charge is -2.18. The van der Waals surface area contributed by atoms with Gasteiger partial charge in [-0.1, -0.05) is 38.1 Å². The van der Waals surface area contributed by atoms with Crippen molar-refractivity contribution in [1.82, 2.24) is 19.8 Å². The van der Waals surface area contributed by atoms with Crippen molar-refractivity contribution in [3.05, 3.63) is 68.5 Å². The highest BCUT2D eigenvalue weighted by Gasteiger charge is 2.05. The minimum Gasteiger partial charge on any atom is -0.350 e. The number of aromatic amines is 1. The van der Waals surface area contributed by atoms with Crippen LogP contribution in [0.2, 0.25) is 0 Å². The average Bonchev–Trinajstić information content (AvgIpc) is 2.61. The molecule has 0 unspecified atom stereocenters. The van der Waals surface area contributed by atoms with Crippen molar-refractivity contribution in [2.45, 2.75) is 33.5 Å². The van der Waals surface area contributed by atoms with E-state index in [2.05, 4.69) is 41.2 Å². The van der Waals surface area contributed by atoms with Gasteiger partial charge in [-0.15, -0.1) is 0 Å². The summed E-state index contributed by atoms with van der Waals surface area (Å²) in [6.07, 6.45) is 1.31. The zero-order valence-corrected chi connectivity index (χ0v) is 14.6. The Hall–Kier alpha value is -2.67.